The van der Waals surface area contributed by atoms with E-state index in [1.54, 1.807) is 36.0 Å². The molecule has 1 amide bonds. The molecule has 3 heterocycles. The van der Waals surface area contributed by atoms with Crippen molar-refractivity contribution in [3.8, 4) is 22.6 Å². The summed E-state index contributed by atoms with van der Waals surface area (Å²) >= 11 is 6.49. The molecule has 1 aliphatic rings. The number of H-pyrrole nitrogens is 1. The molecule has 0 spiro atoms. The number of benzene rings is 1. The number of methoxy groups -OCH3 is 2. The second-order valence-corrected chi connectivity index (χ2v) is 8.06. The molecular formula is C23H24ClN5O5. The normalized spacial score (nSPS) is 18.2. The van der Waals surface area contributed by atoms with Crippen molar-refractivity contribution < 1.29 is 19.0 Å². The fourth-order valence-corrected chi connectivity index (χ4v) is 4.07. The zero-order valence-corrected chi connectivity index (χ0v) is 19.7. The lowest BCUT2D eigenvalue weighted by Crippen LogP contribution is -2.42. The maximum atomic E-state index is 13.1. The SMILES string of the molecule is C=CC(=O)N[C@H]1COC[C@H]1N=c1ncc2cc(-c3cc(OC)cc(OC)c3Cl)c(=O)[nH]c2n1C. The van der Waals surface area contributed by atoms with Crippen LogP contribution in [0.2, 0.25) is 5.02 Å². The van der Waals surface area contributed by atoms with Crippen LogP contribution in [0.3, 0.4) is 0 Å². The number of ether oxygens (including phenoxy) is 3. The minimum Gasteiger partial charge on any atom is -0.497 e. The Morgan fingerprint density at radius 3 is 2.82 bits per heavy atom. The Labute approximate surface area is 199 Å². The average Bonchev–Trinajstić information content (AvgIpc) is 3.27. The fraction of sp³-hybridized carbons (Fsp3) is 0.304. The molecule has 2 aromatic heterocycles. The van der Waals surface area contributed by atoms with Gasteiger partial charge in [0.15, 0.2) is 0 Å². The molecule has 1 aromatic carbocycles. The number of hydrogen-bond donors (Lipinski definition) is 2. The van der Waals surface area contributed by atoms with Gasteiger partial charge in [-0.3, -0.25) is 14.2 Å². The van der Waals surface area contributed by atoms with Crippen molar-refractivity contribution in [2.24, 2.45) is 12.0 Å². The van der Waals surface area contributed by atoms with E-state index in [-0.39, 0.29) is 23.6 Å². The van der Waals surface area contributed by atoms with Gasteiger partial charge in [-0.25, -0.2) is 9.98 Å². The number of carbonyl (C=O) groups is 1. The van der Waals surface area contributed by atoms with E-state index in [0.717, 1.165) is 0 Å². The molecule has 4 rings (SSSR count). The molecule has 0 saturated carbocycles. The van der Waals surface area contributed by atoms with Gasteiger partial charge >= 0.3 is 0 Å². The average molecular weight is 486 g/mol. The van der Waals surface area contributed by atoms with Crippen LogP contribution in [0, 0.1) is 0 Å². The molecule has 3 aromatic rings. The molecule has 0 radical (unpaired) electrons. The van der Waals surface area contributed by atoms with Gasteiger partial charge in [-0.05, 0) is 18.2 Å². The number of pyridine rings is 1. The van der Waals surface area contributed by atoms with Crippen molar-refractivity contribution in [3.63, 3.8) is 0 Å². The van der Waals surface area contributed by atoms with Gasteiger partial charge in [-0.1, -0.05) is 18.2 Å². The van der Waals surface area contributed by atoms with Gasteiger partial charge in [-0.15, -0.1) is 0 Å². The van der Waals surface area contributed by atoms with Crippen LogP contribution in [-0.2, 0) is 16.6 Å². The molecule has 0 aliphatic carbocycles. The third-order valence-electron chi connectivity index (χ3n) is 5.61. The van der Waals surface area contributed by atoms with Gasteiger partial charge in [0.2, 0.25) is 11.5 Å². The Bertz CT molecular complexity index is 1400. The van der Waals surface area contributed by atoms with Gasteiger partial charge in [0, 0.05) is 35.8 Å². The van der Waals surface area contributed by atoms with Crippen molar-refractivity contribution in [3.05, 3.63) is 58.0 Å². The third-order valence-corrected chi connectivity index (χ3v) is 6.00. The molecular weight excluding hydrogens is 462 g/mol. The van der Waals surface area contributed by atoms with Gasteiger partial charge in [0.25, 0.3) is 5.56 Å². The molecule has 1 fully saturated rings. The van der Waals surface area contributed by atoms with E-state index in [1.165, 1.54) is 20.3 Å². The van der Waals surface area contributed by atoms with Gasteiger partial charge in [-0.2, -0.15) is 0 Å². The van der Waals surface area contributed by atoms with Crippen LogP contribution in [-0.4, -0.2) is 60.0 Å². The minimum atomic E-state index is -0.349. The third kappa shape index (κ3) is 4.42. The summed E-state index contributed by atoms with van der Waals surface area (Å²) in [6.45, 7) is 4.15. The van der Waals surface area contributed by atoms with E-state index in [1.807, 2.05) is 0 Å². The molecule has 178 valence electrons. The monoisotopic (exact) mass is 485 g/mol. The van der Waals surface area contributed by atoms with Crippen LogP contribution in [0.25, 0.3) is 22.2 Å². The predicted molar refractivity (Wildman–Crippen MR) is 127 cm³/mol. The molecule has 10 nitrogen and oxygen atoms in total. The van der Waals surface area contributed by atoms with Crippen LogP contribution in [0.15, 0.2) is 46.8 Å². The molecule has 34 heavy (non-hydrogen) atoms. The standard InChI is InChI=1S/C23H24ClN5O5/c1-5-19(30)26-16-10-34-11-17(16)27-23-25-9-12-6-15(22(31)28-21(12)29(23)2)14-7-13(32-3)8-18(33-4)20(14)24/h5-9,16-17H,1,10-11H2,2-4H3,(H,26,30)(H,28,31)/t16-,17+/m0/s1. The number of fused-ring (bicyclic) bond motifs is 1. The molecule has 0 bridgehead atoms. The largest absolute Gasteiger partial charge is 0.497 e. The Balaban J connectivity index is 1.79. The summed E-state index contributed by atoms with van der Waals surface area (Å²) < 4.78 is 17.8. The lowest BCUT2D eigenvalue weighted by Gasteiger charge is -2.15. The summed E-state index contributed by atoms with van der Waals surface area (Å²) in [4.78, 5) is 36.8. The first kappa shape index (κ1) is 23.5. The number of nitrogens with one attached hydrogen (secondary N) is 2. The van der Waals surface area contributed by atoms with Gasteiger partial charge < -0.3 is 24.5 Å². The zero-order chi connectivity index (χ0) is 24.4. The Morgan fingerprint density at radius 2 is 2.12 bits per heavy atom. The predicted octanol–water partition coefficient (Wildman–Crippen LogP) is 1.57. The second-order valence-electron chi connectivity index (χ2n) is 7.68. The van der Waals surface area contributed by atoms with Crippen molar-refractivity contribution in [1.82, 2.24) is 19.9 Å². The highest BCUT2D eigenvalue weighted by Crippen LogP contribution is 2.38. The van der Waals surface area contributed by atoms with Crippen LogP contribution in [0.5, 0.6) is 11.5 Å². The summed E-state index contributed by atoms with van der Waals surface area (Å²) in [5.41, 5.74) is 1.38. The number of hydrogen-bond acceptors (Lipinski definition) is 7. The minimum absolute atomic E-state index is 0.295. The highest BCUT2D eigenvalue weighted by Gasteiger charge is 2.29. The van der Waals surface area contributed by atoms with E-state index in [9.17, 15) is 9.59 Å². The summed E-state index contributed by atoms with van der Waals surface area (Å²) in [6.07, 6.45) is 2.82. The van der Waals surface area contributed by atoms with E-state index >= 15 is 0 Å². The number of amides is 1. The first-order chi connectivity index (χ1) is 16.4. The Kier molecular flexibility index (Phi) is 6.71. The molecule has 0 unspecified atom stereocenters. The van der Waals surface area contributed by atoms with E-state index in [2.05, 4.69) is 26.9 Å². The van der Waals surface area contributed by atoms with Gasteiger partial charge in [0.1, 0.15) is 17.1 Å². The Hall–Kier alpha value is -3.63. The summed E-state index contributed by atoms with van der Waals surface area (Å²) in [5.74, 6) is 0.604. The van der Waals surface area contributed by atoms with Crippen molar-refractivity contribution in [2.45, 2.75) is 12.1 Å². The van der Waals surface area contributed by atoms with Crippen LogP contribution >= 0.6 is 11.6 Å². The lowest BCUT2D eigenvalue weighted by atomic mass is 10.1. The van der Waals surface area contributed by atoms with Crippen LogP contribution in [0.4, 0.5) is 0 Å². The maximum absolute atomic E-state index is 13.1. The highest BCUT2D eigenvalue weighted by atomic mass is 35.5. The number of carbonyl (C=O) groups excluding carboxylic acids is 1. The second kappa shape index (κ2) is 9.70. The van der Waals surface area contributed by atoms with Gasteiger partial charge in [0.05, 0.1) is 44.5 Å². The van der Waals surface area contributed by atoms with Crippen molar-refractivity contribution in [2.75, 3.05) is 27.4 Å². The molecule has 1 aliphatic heterocycles. The topological polar surface area (TPSA) is 120 Å². The first-order valence-electron chi connectivity index (χ1n) is 10.4. The molecule has 1 saturated heterocycles. The number of halogens is 1. The summed E-state index contributed by atoms with van der Waals surface area (Å²) in [6, 6.07) is 4.41. The van der Waals surface area contributed by atoms with Crippen LogP contribution in [0.1, 0.15) is 0 Å². The summed E-state index contributed by atoms with van der Waals surface area (Å²) in [5, 5.41) is 3.78. The molecule has 2 N–H and O–H groups in total. The van der Waals surface area contributed by atoms with Crippen LogP contribution < -0.4 is 26.0 Å². The molecule has 11 heteroatoms. The maximum Gasteiger partial charge on any atom is 0.257 e. The number of aromatic nitrogens is 3. The number of aromatic amines is 1. The summed E-state index contributed by atoms with van der Waals surface area (Å²) in [7, 11) is 4.76. The number of nitrogens with zero attached hydrogens (tertiary/aromatic N) is 3. The number of aryl methyl sites for hydroxylation is 1. The number of rotatable bonds is 6. The quantitative estimate of drug-likeness (QED) is 0.511. The smallest absolute Gasteiger partial charge is 0.257 e. The van der Waals surface area contributed by atoms with E-state index in [0.29, 0.717) is 57.5 Å². The first-order valence-corrected chi connectivity index (χ1v) is 10.8. The lowest BCUT2D eigenvalue weighted by molar-refractivity contribution is -0.117. The fourth-order valence-electron chi connectivity index (χ4n) is 3.78. The van der Waals surface area contributed by atoms with E-state index in [4.69, 9.17) is 25.8 Å². The van der Waals surface area contributed by atoms with Crippen molar-refractivity contribution in [1.29, 1.82) is 0 Å². The van der Waals surface area contributed by atoms with Crippen molar-refractivity contribution >= 4 is 28.5 Å². The Morgan fingerprint density at radius 1 is 1.32 bits per heavy atom. The van der Waals surface area contributed by atoms with E-state index < -0.39 is 0 Å². The zero-order valence-electron chi connectivity index (χ0n) is 18.9. The molecule has 2 atom stereocenters. The highest BCUT2D eigenvalue weighted by molar-refractivity contribution is 6.35.